The zero-order valence-electron chi connectivity index (χ0n) is 10.9. The lowest BCUT2D eigenvalue weighted by Gasteiger charge is -2.04. The molecule has 2 aromatic rings. The van der Waals surface area contributed by atoms with Crippen LogP contribution in [0.1, 0.15) is 25.2 Å². The standard InChI is InChI=1S/C13H16BrFN4/c1-9(2)16-6-13-17-8-19(18-13)7-10-3-4-12(15)11(14)5-10/h3-5,8-9,16H,6-7H2,1-2H3. The second-order valence-corrected chi connectivity index (χ2v) is 5.50. The lowest BCUT2D eigenvalue weighted by Crippen LogP contribution is -2.22. The van der Waals surface area contributed by atoms with Crippen molar-refractivity contribution in [3.05, 3.63) is 46.2 Å². The molecule has 19 heavy (non-hydrogen) atoms. The molecular formula is C13H16BrFN4. The molecule has 0 spiro atoms. The maximum atomic E-state index is 13.1. The molecule has 1 N–H and O–H groups in total. The molecule has 4 nitrogen and oxygen atoms in total. The van der Waals surface area contributed by atoms with Crippen LogP contribution in [0.25, 0.3) is 0 Å². The summed E-state index contributed by atoms with van der Waals surface area (Å²) in [6.45, 7) is 5.38. The largest absolute Gasteiger partial charge is 0.308 e. The molecule has 6 heteroatoms. The summed E-state index contributed by atoms with van der Waals surface area (Å²) in [5, 5.41) is 7.62. The van der Waals surface area contributed by atoms with Gasteiger partial charge < -0.3 is 5.32 Å². The molecular weight excluding hydrogens is 311 g/mol. The van der Waals surface area contributed by atoms with E-state index in [-0.39, 0.29) is 5.82 Å². The van der Waals surface area contributed by atoms with Crippen molar-refractivity contribution >= 4 is 15.9 Å². The summed E-state index contributed by atoms with van der Waals surface area (Å²) in [7, 11) is 0. The van der Waals surface area contributed by atoms with Crippen molar-refractivity contribution in [2.75, 3.05) is 0 Å². The minimum Gasteiger partial charge on any atom is -0.308 e. The van der Waals surface area contributed by atoms with Crippen LogP contribution < -0.4 is 5.32 Å². The van der Waals surface area contributed by atoms with E-state index in [0.29, 0.717) is 23.6 Å². The van der Waals surface area contributed by atoms with Gasteiger partial charge in [-0.25, -0.2) is 14.1 Å². The van der Waals surface area contributed by atoms with Crippen molar-refractivity contribution in [3.63, 3.8) is 0 Å². The predicted molar refractivity (Wildman–Crippen MR) is 75.2 cm³/mol. The Balaban J connectivity index is 2.01. The fourth-order valence-electron chi connectivity index (χ4n) is 1.61. The minimum atomic E-state index is -0.260. The number of rotatable bonds is 5. The molecule has 0 bridgehead atoms. The summed E-state index contributed by atoms with van der Waals surface area (Å²) in [4.78, 5) is 4.23. The second-order valence-electron chi connectivity index (χ2n) is 4.64. The van der Waals surface area contributed by atoms with E-state index in [1.807, 2.05) is 0 Å². The first-order valence-electron chi connectivity index (χ1n) is 6.10. The van der Waals surface area contributed by atoms with Gasteiger partial charge in [-0.1, -0.05) is 19.9 Å². The van der Waals surface area contributed by atoms with Crippen molar-refractivity contribution < 1.29 is 4.39 Å². The summed E-state index contributed by atoms with van der Waals surface area (Å²) in [6, 6.07) is 5.34. The van der Waals surface area contributed by atoms with Crippen LogP contribution in [-0.2, 0) is 13.1 Å². The Kier molecular flexibility index (Phi) is 4.66. The van der Waals surface area contributed by atoms with Gasteiger partial charge in [-0.05, 0) is 33.6 Å². The Labute approximate surface area is 120 Å². The van der Waals surface area contributed by atoms with Gasteiger partial charge in [-0.15, -0.1) is 0 Å². The molecule has 0 aliphatic rings. The Morgan fingerprint density at radius 3 is 2.89 bits per heavy atom. The lowest BCUT2D eigenvalue weighted by atomic mass is 10.2. The Bertz CT molecular complexity index is 553. The van der Waals surface area contributed by atoms with E-state index >= 15 is 0 Å². The zero-order valence-corrected chi connectivity index (χ0v) is 12.5. The first kappa shape index (κ1) is 14.1. The SMILES string of the molecule is CC(C)NCc1ncn(Cc2ccc(F)c(Br)c2)n1. The smallest absolute Gasteiger partial charge is 0.164 e. The third-order valence-corrected chi connectivity index (χ3v) is 3.19. The van der Waals surface area contributed by atoms with E-state index in [2.05, 4.69) is 45.2 Å². The van der Waals surface area contributed by atoms with Crippen molar-refractivity contribution in [3.8, 4) is 0 Å². The highest BCUT2D eigenvalue weighted by Crippen LogP contribution is 2.17. The molecule has 0 aliphatic carbocycles. The molecule has 102 valence electrons. The van der Waals surface area contributed by atoms with Crippen molar-refractivity contribution in [2.45, 2.75) is 33.0 Å². The number of benzene rings is 1. The fourth-order valence-corrected chi connectivity index (χ4v) is 2.04. The van der Waals surface area contributed by atoms with Crippen molar-refractivity contribution in [1.82, 2.24) is 20.1 Å². The molecule has 0 saturated carbocycles. The third kappa shape index (κ3) is 4.11. The topological polar surface area (TPSA) is 42.7 Å². The number of nitrogens with zero attached hydrogens (tertiary/aromatic N) is 3. The van der Waals surface area contributed by atoms with Crippen LogP contribution in [0, 0.1) is 5.82 Å². The number of nitrogens with one attached hydrogen (secondary N) is 1. The molecule has 0 amide bonds. The van der Waals surface area contributed by atoms with Crippen LogP contribution in [0.4, 0.5) is 4.39 Å². The highest BCUT2D eigenvalue weighted by Gasteiger charge is 2.04. The molecule has 0 fully saturated rings. The number of hydrogen-bond acceptors (Lipinski definition) is 3. The van der Waals surface area contributed by atoms with Gasteiger partial charge in [0, 0.05) is 6.04 Å². The van der Waals surface area contributed by atoms with E-state index in [1.54, 1.807) is 23.1 Å². The Morgan fingerprint density at radius 1 is 1.42 bits per heavy atom. The van der Waals surface area contributed by atoms with Gasteiger partial charge in [-0.3, -0.25) is 0 Å². The molecule has 0 atom stereocenters. The first-order chi connectivity index (χ1) is 9.04. The second kappa shape index (κ2) is 6.25. The number of aromatic nitrogens is 3. The van der Waals surface area contributed by atoms with Gasteiger partial charge in [0.05, 0.1) is 17.6 Å². The summed E-state index contributed by atoms with van der Waals surface area (Å²) < 4.78 is 15.3. The maximum absolute atomic E-state index is 13.1. The van der Waals surface area contributed by atoms with E-state index in [1.165, 1.54) is 6.07 Å². The Morgan fingerprint density at radius 2 is 2.21 bits per heavy atom. The molecule has 1 aromatic carbocycles. The van der Waals surface area contributed by atoms with Crippen LogP contribution in [0.5, 0.6) is 0 Å². The Hall–Kier alpha value is -1.27. The summed E-state index contributed by atoms with van der Waals surface area (Å²) in [5.41, 5.74) is 0.974. The highest BCUT2D eigenvalue weighted by molar-refractivity contribution is 9.10. The van der Waals surface area contributed by atoms with Crippen molar-refractivity contribution in [2.24, 2.45) is 0 Å². The molecule has 2 rings (SSSR count). The van der Waals surface area contributed by atoms with Crippen LogP contribution in [0.15, 0.2) is 29.0 Å². The van der Waals surface area contributed by atoms with Crippen LogP contribution in [0.2, 0.25) is 0 Å². The quantitative estimate of drug-likeness (QED) is 0.918. The zero-order chi connectivity index (χ0) is 13.8. The molecule has 0 radical (unpaired) electrons. The molecule has 1 aromatic heterocycles. The van der Waals surface area contributed by atoms with E-state index < -0.39 is 0 Å². The third-order valence-electron chi connectivity index (χ3n) is 2.58. The van der Waals surface area contributed by atoms with Gasteiger partial charge in [0.2, 0.25) is 0 Å². The maximum Gasteiger partial charge on any atom is 0.164 e. The number of halogens is 2. The molecule has 1 heterocycles. The van der Waals surface area contributed by atoms with Crippen molar-refractivity contribution in [1.29, 1.82) is 0 Å². The molecule has 0 unspecified atom stereocenters. The van der Waals surface area contributed by atoms with E-state index in [9.17, 15) is 4.39 Å². The average Bonchev–Trinajstić information content (AvgIpc) is 2.79. The molecule has 0 saturated heterocycles. The lowest BCUT2D eigenvalue weighted by molar-refractivity contribution is 0.565. The van der Waals surface area contributed by atoms with E-state index in [4.69, 9.17) is 0 Å². The van der Waals surface area contributed by atoms with E-state index in [0.717, 1.165) is 11.4 Å². The van der Waals surface area contributed by atoms with Gasteiger partial charge >= 0.3 is 0 Å². The normalized spacial score (nSPS) is 11.2. The summed E-state index contributed by atoms with van der Waals surface area (Å²) in [6.07, 6.45) is 1.69. The van der Waals surface area contributed by atoms with Gasteiger partial charge in [-0.2, -0.15) is 5.10 Å². The summed E-state index contributed by atoms with van der Waals surface area (Å²) in [5.74, 6) is 0.499. The summed E-state index contributed by atoms with van der Waals surface area (Å²) >= 11 is 3.18. The predicted octanol–water partition coefficient (Wildman–Crippen LogP) is 2.73. The monoisotopic (exact) mass is 326 g/mol. The first-order valence-corrected chi connectivity index (χ1v) is 6.89. The fraction of sp³-hybridized carbons (Fsp3) is 0.385. The van der Waals surface area contributed by atoms with Crippen LogP contribution >= 0.6 is 15.9 Å². The van der Waals surface area contributed by atoms with Gasteiger partial charge in [0.1, 0.15) is 12.1 Å². The number of hydrogen-bond donors (Lipinski definition) is 1. The average molecular weight is 327 g/mol. The van der Waals surface area contributed by atoms with Crippen LogP contribution in [0.3, 0.4) is 0 Å². The highest BCUT2D eigenvalue weighted by atomic mass is 79.9. The minimum absolute atomic E-state index is 0.260. The molecule has 0 aliphatic heterocycles. The van der Waals surface area contributed by atoms with Gasteiger partial charge in [0.25, 0.3) is 0 Å². The van der Waals surface area contributed by atoms with Gasteiger partial charge in [0.15, 0.2) is 5.82 Å². The van der Waals surface area contributed by atoms with Crippen LogP contribution in [-0.4, -0.2) is 20.8 Å².